The van der Waals surface area contributed by atoms with E-state index in [9.17, 15) is 14.9 Å². The van der Waals surface area contributed by atoms with Gasteiger partial charge in [0.15, 0.2) is 11.6 Å². The molecule has 0 saturated heterocycles. The third-order valence-corrected chi connectivity index (χ3v) is 4.07. The van der Waals surface area contributed by atoms with E-state index in [0.29, 0.717) is 16.6 Å². The van der Waals surface area contributed by atoms with Crippen LogP contribution in [0.5, 0.6) is 0 Å². The number of primary amides is 1. The topological polar surface area (TPSA) is 192 Å². The maximum absolute atomic E-state index is 12.0. The third kappa shape index (κ3) is 3.13. The van der Waals surface area contributed by atoms with Crippen molar-refractivity contribution in [3.05, 3.63) is 51.8 Å². The molecule has 0 aliphatic carbocycles. The Morgan fingerprint density at radius 3 is 2.67 bits per heavy atom. The highest BCUT2D eigenvalue weighted by Gasteiger charge is 2.30. The van der Waals surface area contributed by atoms with Gasteiger partial charge in [-0.1, -0.05) is 0 Å². The molecule has 27 heavy (non-hydrogen) atoms. The largest absolute Gasteiger partial charge is 0.370 e. The minimum absolute atomic E-state index is 0.00366. The number of aliphatic imine (C=N–C) groups is 1. The molecular weight excluding hydrogens is 352 g/mol. The lowest BCUT2D eigenvalue weighted by Gasteiger charge is -2.14. The van der Waals surface area contributed by atoms with Crippen LogP contribution in [0.1, 0.15) is 28.9 Å². The number of aromatic nitrogens is 3. The van der Waals surface area contributed by atoms with Crippen molar-refractivity contribution in [2.75, 3.05) is 0 Å². The second-order valence-electron chi connectivity index (χ2n) is 5.77. The molecule has 138 valence electrons. The predicted octanol–water partition coefficient (Wildman–Crippen LogP) is 0.966. The number of aromatic amines is 1. The van der Waals surface area contributed by atoms with Crippen LogP contribution in [0.2, 0.25) is 0 Å². The lowest BCUT2D eigenvalue weighted by molar-refractivity contribution is -0.385. The van der Waals surface area contributed by atoms with E-state index in [4.69, 9.17) is 17.2 Å². The zero-order valence-corrected chi connectivity index (χ0v) is 14.2. The van der Waals surface area contributed by atoms with Gasteiger partial charge in [-0.05, 0) is 25.1 Å². The number of H-pyrrole nitrogens is 1. The van der Waals surface area contributed by atoms with E-state index in [1.807, 2.05) is 0 Å². The zero-order valence-electron chi connectivity index (χ0n) is 14.2. The van der Waals surface area contributed by atoms with E-state index in [1.54, 1.807) is 13.0 Å². The number of benzene rings is 1. The molecule has 1 unspecified atom stereocenters. The van der Waals surface area contributed by atoms with E-state index in [0.717, 1.165) is 0 Å². The number of pyridine rings is 1. The third-order valence-electron chi connectivity index (χ3n) is 4.07. The number of fused-ring (bicyclic) bond motifs is 1. The number of guanidine groups is 1. The van der Waals surface area contributed by atoms with Crippen molar-refractivity contribution in [3.8, 4) is 11.1 Å². The van der Waals surface area contributed by atoms with Crippen molar-refractivity contribution >= 4 is 28.6 Å². The fourth-order valence-corrected chi connectivity index (χ4v) is 2.98. The van der Waals surface area contributed by atoms with E-state index in [-0.39, 0.29) is 28.3 Å². The second kappa shape index (κ2) is 6.71. The lowest BCUT2D eigenvalue weighted by Crippen LogP contribution is -2.23. The molecule has 0 aliphatic rings. The molecule has 0 fully saturated rings. The molecule has 3 aromatic rings. The SMILES string of the molecule is CC(N=C(N)N)c1ccc(C(N)=O)c(-c2ccnc3[nH]ncc23)c1[N+](=O)[O-]. The number of carbonyl (C=O) groups is 1. The molecule has 1 amide bonds. The van der Waals surface area contributed by atoms with Gasteiger partial charge in [-0.2, -0.15) is 5.10 Å². The Morgan fingerprint density at radius 1 is 1.30 bits per heavy atom. The summed E-state index contributed by atoms with van der Waals surface area (Å²) >= 11 is 0. The number of carbonyl (C=O) groups excluding carboxylic acids is 1. The van der Waals surface area contributed by atoms with Crippen molar-refractivity contribution in [1.82, 2.24) is 15.2 Å². The lowest BCUT2D eigenvalue weighted by atomic mass is 9.91. The summed E-state index contributed by atoms with van der Waals surface area (Å²) in [6.07, 6.45) is 2.93. The van der Waals surface area contributed by atoms with Gasteiger partial charge in [-0.15, -0.1) is 0 Å². The molecular formula is C16H16N8O3. The fourth-order valence-electron chi connectivity index (χ4n) is 2.98. The van der Waals surface area contributed by atoms with Gasteiger partial charge in [0.25, 0.3) is 5.69 Å². The van der Waals surface area contributed by atoms with Crippen molar-refractivity contribution in [2.24, 2.45) is 22.2 Å². The number of hydrogen-bond acceptors (Lipinski definition) is 6. The highest BCUT2D eigenvalue weighted by Crippen LogP contribution is 2.41. The summed E-state index contributed by atoms with van der Waals surface area (Å²) in [5.74, 6) is -1.01. The Hall–Kier alpha value is -4.02. The summed E-state index contributed by atoms with van der Waals surface area (Å²) in [6, 6.07) is 3.69. The minimum Gasteiger partial charge on any atom is -0.370 e. The second-order valence-corrected chi connectivity index (χ2v) is 5.77. The molecule has 1 atom stereocenters. The average molecular weight is 368 g/mol. The summed E-state index contributed by atoms with van der Waals surface area (Å²) in [7, 11) is 0. The molecule has 11 nitrogen and oxygen atoms in total. The van der Waals surface area contributed by atoms with Crippen LogP contribution in [0.25, 0.3) is 22.2 Å². The number of amides is 1. The number of nitrogens with one attached hydrogen (secondary N) is 1. The first-order valence-corrected chi connectivity index (χ1v) is 7.79. The first-order valence-electron chi connectivity index (χ1n) is 7.79. The summed E-state index contributed by atoms with van der Waals surface area (Å²) in [5.41, 5.74) is 17.1. The number of nitro benzene ring substituents is 1. The Labute approximate surface area is 152 Å². The van der Waals surface area contributed by atoms with Gasteiger partial charge < -0.3 is 17.2 Å². The van der Waals surface area contributed by atoms with Gasteiger partial charge in [-0.3, -0.25) is 20.0 Å². The summed E-state index contributed by atoms with van der Waals surface area (Å²) in [4.78, 5) is 31.5. The molecule has 0 bridgehead atoms. The Kier molecular flexibility index (Phi) is 4.42. The fraction of sp³-hybridized carbons (Fsp3) is 0.125. The van der Waals surface area contributed by atoms with E-state index in [1.165, 1.54) is 24.5 Å². The maximum Gasteiger partial charge on any atom is 0.283 e. The molecule has 0 spiro atoms. The molecule has 0 radical (unpaired) electrons. The first-order chi connectivity index (χ1) is 12.8. The number of nitrogens with zero attached hydrogens (tertiary/aromatic N) is 4. The van der Waals surface area contributed by atoms with Crippen molar-refractivity contribution in [3.63, 3.8) is 0 Å². The quantitative estimate of drug-likeness (QED) is 0.223. The molecule has 1 aromatic carbocycles. The van der Waals surface area contributed by atoms with Crippen molar-refractivity contribution in [1.29, 1.82) is 0 Å². The van der Waals surface area contributed by atoms with Crippen molar-refractivity contribution < 1.29 is 9.72 Å². The van der Waals surface area contributed by atoms with Gasteiger partial charge >= 0.3 is 0 Å². The Balaban J connectivity index is 2.43. The molecule has 0 aliphatic heterocycles. The molecule has 2 aromatic heterocycles. The highest BCUT2D eigenvalue weighted by atomic mass is 16.6. The smallest absolute Gasteiger partial charge is 0.283 e. The number of hydrogen-bond donors (Lipinski definition) is 4. The van der Waals surface area contributed by atoms with Crippen LogP contribution in [0, 0.1) is 10.1 Å². The standard InChI is InChI=1S/C16H16N8O3/c1-7(22-16(18)19)8-2-3-10(14(17)25)12(13(8)24(26)27)9-4-5-20-15-11(9)6-21-23-15/h2-7H,1H3,(H2,17,25)(H4,18,19,22)(H,20,21,23). The van der Waals surface area contributed by atoms with Crippen LogP contribution in [0.4, 0.5) is 5.69 Å². The maximum atomic E-state index is 12.0. The molecule has 11 heteroatoms. The molecule has 3 rings (SSSR count). The first kappa shape index (κ1) is 17.8. The Morgan fingerprint density at radius 2 is 2.04 bits per heavy atom. The normalized spacial score (nSPS) is 11.9. The Bertz CT molecular complexity index is 1080. The molecule has 0 saturated carbocycles. The number of nitro groups is 1. The van der Waals surface area contributed by atoms with Gasteiger partial charge in [0.05, 0.1) is 33.9 Å². The van der Waals surface area contributed by atoms with Crippen LogP contribution in [0.3, 0.4) is 0 Å². The molecule has 7 N–H and O–H groups in total. The van der Waals surface area contributed by atoms with Gasteiger partial charge in [-0.25, -0.2) is 9.98 Å². The highest BCUT2D eigenvalue weighted by molar-refractivity contribution is 6.07. The number of nitrogens with two attached hydrogens (primary N) is 3. The summed E-state index contributed by atoms with van der Waals surface area (Å²) < 4.78 is 0. The van der Waals surface area contributed by atoms with Crippen LogP contribution < -0.4 is 17.2 Å². The van der Waals surface area contributed by atoms with Crippen LogP contribution in [-0.4, -0.2) is 32.0 Å². The molecule has 2 heterocycles. The number of rotatable bonds is 5. The summed E-state index contributed by atoms with van der Waals surface area (Å²) in [6.45, 7) is 1.61. The monoisotopic (exact) mass is 368 g/mol. The van der Waals surface area contributed by atoms with Crippen LogP contribution in [0.15, 0.2) is 35.6 Å². The van der Waals surface area contributed by atoms with Crippen LogP contribution in [-0.2, 0) is 0 Å². The van der Waals surface area contributed by atoms with E-state index >= 15 is 0 Å². The van der Waals surface area contributed by atoms with Gasteiger partial charge in [0, 0.05) is 17.1 Å². The average Bonchev–Trinajstić information content (AvgIpc) is 3.08. The van der Waals surface area contributed by atoms with E-state index in [2.05, 4.69) is 20.2 Å². The van der Waals surface area contributed by atoms with Gasteiger partial charge in [0.2, 0.25) is 5.91 Å². The minimum atomic E-state index is -0.803. The van der Waals surface area contributed by atoms with Crippen molar-refractivity contribution in [2.45, 2.75) is 13.0 Å². The predicted molar refractivity (Wildman–Crippen MR) is 98.7 cm³/mol. The zero-order chi connectivity index (χ0) is 19.7. The van der Waals surface area contributed by atoms with Crippen LogP contribution >= 0.6 is 0 Å². The van der Waals surface area contributed by atoms with Gasteiger partial charge in [0.1, 0.15) is 0 Å². The summed E-state index contributed by atoms with van der Waals surface area (Å²) in [5, 5.41) is 19.1. The van der Waals surface area contributed by atoms with E-state index < -0.39 is 16.9 Å².